The van der Waals surface area contributed by atoms with Gasteiger partial charge in [0.15, 0.2) is 19.8 Å². The van der Waals surface area contributed by atoms with Gasteiger partial charge in [0.2, 0.25) is 5.78 Å². The van der Waals surface area contributed by atoms with Crippen LogP contribution in [0.4, 0.5) is 4.79 Å². The summed E-state index contributed by atoms with van der Waals surface area (Å²) in [7, 11) is 3.93. The lowest BCUT2D eigenvalue weighted by molar-refractivity contribution is -0.181. The molecule has 1 aliphatic rings. The largest absolute Gasteiger partial charge is 0.493 e. The molecule has 0 heterocycles. The van der Waals surface area contributed by atoms with Crippen molar-refractivity contribution in [2.24, 2.45) is 0 Å². The number of carbonyl (C=O) groups excluding carboxylic acids is 2. The fourth-order valence-electron chi connectivity index (χ4n) is 6.38. The first-order chi connectivity index (χ1) is 20.5. The number of amides is 1. The molecule has 1 aliphatic carbocycles. The first-order valence-electron chi connectivity index (χ1n) is 15.5. The summed E-state index contributed by atoms with van der Waals surface area (Å²) in [6.07, 6.45) is 3.82. The lowest BCUT2D eigenvalue weighted by Crippen LogP contribution is -2.48. The first kappa shape index (κ1) is 37.5. The molecule has 0 radical (unpaired) electrons. The summed E-state index contributed by atoms with van der Waals surface area (Å²) in [5.41, 5.74) is 3.97. The van der Waals surface area contributed by atoms with Gasteiger partial charge in [-0.15, -0.1) is 0 Å². The second-order valence-corrected chi connectivity index (χ2v) is 18.6. The van der Waals surface area contributed by atoms with Crippen LogP contribution < -0.4 is 14.8 Å². The van der Waals surface area contributed by atoms with Gasteiger partial charge in [0.05, 0.1) is 14.2 Å². The molecule has 1 aromatic carbocycles. The van der Waals surface area contributed by atoms with Gasteiger partial charge in [-0.1, -0.05) is 41.5 Å². The van der Waals surface area contributed by atoms with Crippen LogP contribution in [0.15, 0.2) is 29.9 Å². The second-order valence-electron chi connectivity index (χ2n) is 13.1. The van der Waals surface area contributed by atoms with Gasteiger partial charge in [-0.2, -0.15) is 0 Å². The monoisotopic (exact) mass is 633 g/mol. The highest BCUT2D eigenvalue weighted by atomic mass is 28.4. The van der Waals surface area contributed by atoms with Crippen LogP contribution in [0.5, 0.6) is 11.5 Å². The Kier molecular flexibility index (Phi) is 13.3. The Morgan fingerprint density at radius 3 is 1.91 bits per heavy atom. The van der Waals surface area contributed by atoms with Crippen molar-refractivity contribution < 1.29 is 37.7 Å². The minimum absolute atomic E-state index is 0.296. The molecule has 0 spiro atoms. The molecule has 9 nitrogen and oxygen atoms in total. The number of rotatable bonds is 15. The molecule has 0 aromatic heterocycles. The zero-order valence-corrected chi connectivity index (χ0v) is 30.1. The third-order valence-corrected chi connectivity index (χ3v) is 14.4. The van der Waals surface area contributed by atoms with Crippen LogP contribution >= 0.6 is 0 Å². The molecule has 1 N–H and O–H groups in total. The van der Waals surface area contributed by atoms with Gasteiger partial charge in [0.1, 0.15) is 5.60 Å². The average Bonchev–Trinajstić information content (AvgIpc) is 2.93. The van der Waals surface area contributed by atoms with E-state index in [1.807, 2.05) is 32.9 Å². The Balaban J connectivity index is 2.58. The summed E-state index contributed by atoms with van der Waals surface area (Å²) in [6, 6.07) is 3.79. The zero-order valence-electron chi connectivity index (χ0n) is 29.1. The maximum Gasteiger partial charge on any atom is 0.407 e. The average molecular weight is 634 g/mol. The highest BCUT2D eigenvalue weighted by Gasteiger charge is 2.45. The van der Waals surface area contributed by atoms with Crippen molar-refractivity contribution in [1.29, 1.82) is 0 Å². The molecule has 0 saturated carbocycles. The van der Waals surface area contributed by atoms with Gasteiger partial charge in [0, 0.05) is 27.4 Å². The van der Waals surface area contributed by atoms with Crippen LogP contribution in [0.3, 0.4) is 0 Å². The van der Waals surface area contributed by atoms with E-state index in [4.69, 9.17) is 28.1 Å². The molecular weight excluding hydrogens is 578 g/mol. The highest BCUT2D eigenvalue weighted by molar-refractivity contribution is 6.77. The number of ether oxygens (including phenoxy) is 5. The third kappa shape index (κ3) is 8.53. The van der Waals surface area contributed by atoms with Crippen LogP contribution in [0.2, 0.25) is 16.6 Å². The molecular formula is C34H55NO8Si. The van der Waals surface area contributed by atoms with E-state index in [0.29, 0.717) is 54.1 Å². The number of carbonyl (C=O) groups is 2. The van der Waals surface area contributed by atoms with Crippen LogP contribution in [0.1, 0.15) is 79.9 Å². The fraction of sp³-hybridized carbons (Fsp3) is 0.647. The number of hydrogen-bond donors (Lipinski definition) is 1. The van der Waals surface area contributed by atoms with Crippen molar-refractivity contribution >= 4 is 25.8 Å². The smallest absolute Gasteiger partial charge is 0.407 e. The molecule has 0 fully saturated rings. The quantitative estimate of drug-likeness (QED) is 0.159. The number of hydrogen-bond acceptors (Lipinski definition) is 8. The normalized spacial score (nSPS) is 15.4. The standard InChI is InChI=1S/C34H55NO8Si/c1-22(2)44(23(3)4,24(5)6)42-17-15-26-19-31(36)34(40-12,41-13)21-28(26)27-20-30(39-11)29(38-10)18-25(27)14-16-35-32(37)43-33(7,8)9/h18-24H,14-17H2,1-13H3,(H,35,37). The lowest BCUT2D eigenvalue weighted by atomic mass is 9.84. The zero-order chi connectivity index (χ0) is 33.5. The minimum Gasteiger partial charge on any atom is -0.493 e. The van der Waals surface area contributed by atoms with E-state index in [-0.39, 0.29) is 5.78 Å². The lowest BCUT2D eigenvalue weighted by Gasteiger charge is -2.42. The molecule has 1 aromatic rings. The Bertz CT molecular complexity index is 1190. The Labute approximate surface area is 265 Å². The summed E-state index contributed by atoms with van der Waals surface area (Å²) in [5, 5.41) is 2.84. The number of alkyl carbamates (subject to hydrolysis) is 1. The van der Waals surface area contributed by atoms with Gasteiger partial charge in [-0.3, -0.25) is 4.79 Å². The second kappa shape index (κ2) is 15.6. The van der Waals surface area contributed by atoms with E-state index in [1.165, 1.54) is 14.2 Å². The Hall–Kier alpha value is -2.66. The summed E-state index contributed by atoms with van der Waals surface area (Å²) in [6.45, 7) is 19.8. The maximum absolute atomic E-state index is 13.4. The summed E-state index contributed by atoms with van der Waals surface area (Å²) >= 11 is 0. The molecule has 0 saturated heterocycles. The van der Waals surface area contributed by atoms with Crippen molar-refractivity contribution in [3.8, 4) is 11.5 Å². The predicted molar refractivity (Wildman–Crippen MR) is 177 cm³/mol. The minimum atomic E-state index is -2.13. The molecule has 10 heteroatoms. The van der Waals surface area contributed by atoms with E-state index >= 15 is 0 Å². The number of benzene rings is 1. The first-order valence-corrected chi connectivity index (χ1v) is 17.6. The van der Waals surface area contributed by atoms with Crippen LogP contribution in [-0.2, 0) is 29.9 Å². The number of ketones is 1. The van der Waals surface area contributed by atoms with Crippen LogP contribution in [0, 0.1) is 0 Å². The fourth-order valence-corrected chi connectivity index (χ4v) is 11.8. The van der Waals surface area contributed by atoms with Gasteiger partial charge < -0.3 is 33.4 Å². The summed E-state index contributed by atoms with van der Waals surface area (Å²) < 4.78 is 34.9. The number of nitrogens with one attached hydrogen (secondary N) is 1. The van der Waals surface area contributed by atoms with E-state index in [9.17, 15) is 9.59 Å². The van der Waals surface area contributed by atoms with E-state index in [2.05, 4.69) is 46.9 Å². The van der Waals surface area contributed by atoms with Gasteiger partial charge in [-0.05, 0) is 96.8 Å². The molecule has 0 bridgehead atoms. The van der Waals surface area contributed by atoms with Crippen LogP contribution in [0.25, 0.3) is 5.57 Å². The van der Waals surface area contributed by atoms with Crippen LogP contribution in [-0.4, -0.2) is 73.2 Å². The maximum atomic E-state index is 13.4. The third-order valence-electron chi connectivity index (χ3n) is 8.33. The Morgan fingerprint density at radius 1 is 0.886 bits per heavy atom. The predicted octanol–water partition coefficient (Wildman–Crippen LogP) is 7.23. The van der Waals surface area contributed by atoms with Crippen molar-refractivity contribution in [3.63, 3.8) is 0 Å². The summed E-state index contributed by atoms with van der Waals surface area (Å²) in [5.74, 6) is -0.789. The SMILES string of the molecule is COc1cc(CCNC(=O)OC(C)(C)C)c(C2=CC(OC)(OC)C(=O)C=C2CCO[Si](C(C)C)(C(C)C)C(C)C)cc1OC. The molecule has 248 valence electrons. The van der Waals surface area contributed by atoms with E-state index < -0.39 is 25.8 Å². The van der Waals surface area contributed by atoms with Crippen molar-refractivity contribution in [2.75, 3.05) is 41.6 Å². The topological polar surface area (TPSA) is 102 Å². The molecule has 44 heavy (non-hydrogen) atoms. The molecule has 0 atom stereocenters. The van der Waals surface area contributed by atoms with Crippen molar-refractivity contribution in [1.82, 2.24) is 5.32 Å². The highest BCUT2D eigenvalue weighted by Crippen LogP contribution is 2.44. The summed E-state index contributed by atoms with van der Waals surface area (Å²) in [4.78, 5) is 25.8. The number of allylic oxidation sites excluding steroid dienone is 1. The van der Waals surface area contributed by atoms with E-state index in [0.717, 1.165) is 22.3 Å². The van der Waals surface area contributed by atoms with Gasteiger partial charge in [0.25, 0.3) is 5.79 Å². The molecule has 0 unspecified atom stereocenters. The molecule has 2 rings (SSSR count). The Morgan fingerprint density at radius 2 is 1.43 bits per heavy atom. The van der Waals surface area contributed by atoms with E-state index in [1.54, 1.807) is 26.4 Å². The van der Waals surface area contributed by atoms with Gasteiger partial charge >= 0.3 is 6.09 Å². The van der Waals surface area contributed by atoms with Gasteiger partial charge in [-0.25, -0.2) is 4.79 Å². The number of methoxy groups -OCH3 is 4. The van der Waals surface area contributed by atoms with Crippen molar-refractivity contribution in [3.05, 3.63) is 41.0 Å². The molecule has 0 aliphatic heterocycles. The van der Waals surface area contributed by atoms with Crippen molar-refractivity contribution in [2.45, 2.75) is 103 Å². The molecule has 1 amide bonds.